The third-order valence-corrected chi connectivity index (χ3v) is 3.28. The van der Waals surface area contributed by atoms with Crippen LogP contribution >= 0.6 is 0 Å². The van der Waals surface area contributed by atoms with Gasteiger partial charge in [0.2, 0.25) is 0 Å². The molecule has 1 fully saturated rings. The zero-order valence-electron chi connectivity index (χ0n) is 10.7. The van der Waals surface area contributed by atoms with E-state index in [2.05, 4.69) is 5.32 Å². The number of nitrogens with zero attached hydrogens (tertiary/aromatic N) is 1. The number of carbonyl (C=O) groups excluding carboxylic acids is 1. The molecule has 1 aliphatic heterocycles. The summed E-state index contributed by atoms with van der Waals surface area (Å²) in [6, 6.07) is 7.09. The lowest BCUT2D eigenvalue weighted by Crippen LogP contribution is -2.51. The van der Waals surface area contributed by atoms with Crippen molar-refractivity contribution in [3.63, 3.8) is 0 Å². The first kappa shape index (κ1) is 13.4. The SMILES string of the molecule is Cc1cccc(NC(=O)N2CCC(N)(C(=O)O)C2)c1. The molecule has 0 radical (unpaired) electrons. The predicted octanol–water partition coefficient (Wildman–Crippen LogP) is 1.01. The standard InChI is InChI=1S/C13H17N3O3/c1-9-3-2-4-10(7-9)15-12(19)16-6-5-13(14,8-16)11(17)18/h2-4,7H,5-6,8,14H2,1H3,(H,15,19)(H,17,18). The number of aliphatic carboxylic acids is 1. The van der Waals surface area contributed by atoms with Gasteiger partial charge in [-0.15, -0.1) is 0 Å². The van der Waals surface area contributed by atoms with Crippen molar-refractivity contribution in [2.24, 2.45) is 5.73 Å². The molecule has 1 atom stereocenters. The molecular formula is C13H17N3O3. The Balaban J connectivity index is 2.01. The van der Waals surface area contributed by atoms with Gasteiger partial charge in [0.05, 0.1) is 6.54 Å². The van der Waals surface area contributed by atoms with Crippen LogP contribution in [-0.2, 0) is 4.79 Å². The molecule has 19 heavy (non-hydrogen) atoms. The van der Waals surface area contributed by atoms with Gasteiger partial charge in [-0.1, -0.05) is 12.1 Å². The van der Waals surface area contributed by atoms with Crippen LogP contribution in [0.25, 0.3) is 0 Å². The average Bonchev–Trinajstić information content (AvgIpc) is 2.73. The highest BCUT2D eigenvalue weighted by Gasteiger charge is 2.42. The van der Waals surface area contributed by atoms with E-state index < -0.39 is 11.5 Å². The topological polar surface area (TPSA) is 95.7 Å². The zero-order chi connectivity index (χ0) is 14.0. The van der Waals surface area contributed by atoms with Crippen molar-refractivity contribution in [3.05, 3.63) is 29.8 Å². The highest BCUT2D eigenvalue weighted by molar-refractivity contribution is 5.91. The second-order valence-electron chi connectivity index (χ2n) is 4.93. The van der Waals surface area contributed by atoms with Gasteiger partial charge < -0.3 is 21.1 Å². The summed E-state index contributed by atoms with van der Waals surface area (Å²) in [7, 11) is 0. The van der Waals surface area contributed by atoms with Crippen LogP contribution in [0.4, 0.5) is 10.5 Å². The summed E-state index contributed by atoms with van der Waals surface area (Å²) in [4.78, 5) is 24.4. The van der Waals surface area contributed by atoms with Crippen molar-refractivity contribution in [1.82, 2.24) is 4.90 Å². The number of hydrogen-bond acceptors (Lipinski definition) is 3. The van der Waals surface area contributed by atoms with Crippen LogP contribution in [0.15, 0.2) is 24.3 Å². The first-order chi connectivity index (χ1) is 8.90. The van der Waals surface area contributed by atoms with Crippen LogP contribution in [0.2, 0.25) is 0 Å². The number of urea groups is 1. The number of hydrogen-bond donors (Lipinski definition) is 3. The van der Waals surface area contributed by atoms with Crippen LogP contribution in [0.5, 0.6) is 0 Å². The minimum Gasteiger partial charge on any atom is -0.480 e. The lowest BCUT2D eigenvalue weighted by atomic mass is 10.0. The molecule has 2 amide bonds. The number of anilines is 1. The Morgan fingerprint density at radius 1 is 1.47 bits per heavy atom. The number of carboxylic acids is 1. The maximum absolute atomic E-state index is 12.0. The molecule has 2 rings (SSSR count). The monoisotopic (exact) mass is 263 g/mol. The number of aryl methyl sites for hydroxylation is 1. The number of nitrogens with two attached hydrogens (primary N) is 1. The molecule has 6 nitrogen and oxygen atoms in total. The van der Waals surface area contributed by atoms with Gasteiger partial charge in [-0.3, -0.25) is 4.79 Å². The van der Waals surface area contributed by atoms with Crippen LogP contribution in [-0.4, -0.2) is 40.6 Å². The van der Waals surface area contributed by atoms with E-state index in [0.717, 1.165) is 5.56 Å². The van der Waals surface area contributed by atoms with Crippen molar-refractivity contribution in [2.45, 2.75) is 18.9 Å². The molecule has 0 aromatic heterocycles. The van der Waals surface area contributed by atoms with Crippen molar-refractivity contribution >= 4 is 17.7 Å². The van der Waals surface area contributed by atoms with Gasteiger partial charge in [0.1, 0.15) is 5.54 Å². The quantitative estimate of drug-likeness (QED) is 0.742. The Labute approximate surface area is 111 Å². The van der Waals surface area contributed by atoms with Gasteiger partial charge >= 0.3 is 12.0 Å². The van der Waals surface area contributed by atoms with E-state index in [1.807, 2.05) is 25.1 Å². The maximum Gasteiger partial charge on any atom is 0.325 e. The predicted molar refractivity (Wildman–Crippen MR) is 70.9 cm³/mol. The van der Waals surface area contributed by atoms with E-state index in [1.54, 1.807) is 6.07 Å². The zero-order valence-corrected chi connectivity index (χ0v) is 10.7. The van der Waals surface area contributed by atoms with E-state index in [9.17, 15) is 9.59 Å². The molecule has 1 aliphatic rings. The number of benzene rings is 1. The number of carboxylic acid groups (broad SMARTS) is 1. The summed E-state index contributed by atoms with van der Waals surface area (Å²) in [6.45, 7) is 2.31. The molecule has 1 heterocycles. The molecule has 1 aromatic rings. The fourth-order valence-electron chi connectivity index (χ4n) is 2.11. The first-order valence-electron chi connectivity index (χ1n) is 6.06. The van der Waals surface area contributed by atoms with Crippen LogP contribution in [0.1, 0.15) is 12.0 Å². The molecule has 0 saturated carbocycles. The minimum atomic E-state index is -1.33. The number of likely N-dealkylation sites (tertiary alicyclic amines) is 1. The Morgan fingerprint density at radius 2 is 2.21 bits per heavy atom. The fraction of sp³-hybridized carbons (Fsp3) is 0.385. The van der Waals surface area contributed by atoms with Crippen molar-refractivity contribution in [1.29, 1.82) is 0 Å². The highest BCUT2D eigenvalue weighted by atomic mass is 16.4. The Kier molecular flexibility index (Phi) is 3.44. The van der Waals surface area contributed by atoms with Crippen LogP contribution < -0.4 is 11.1 Å². The smallest absolute Gasteiger partial charge is 0.325 e. The minimum absolute atomic E-state index is 0.0278. The largest absolute Gasteiger partial charge is 0.480 e. The molecule has 0 spiro atoms. The summed E-state index contributed by atoms with van der Waals surface area (Å²) < 4.78 is 0. The van der Waals surface area contributed by atoms with Crippen molar-refractivity contribution in [2.75, 3.05) is 18.4 Å². The van der Waals surface area contributed by atoms with E-state index in [1.165, 1.54) is 4.90 Å². The Bertz CT molecular complexity index is 518. The number of nitrogens with one attached hydrogen (secondary N) is 1. The lowest BCUT2D eigenvalue weighted by molar-refractivity contribution is -0.142. The third-order valence-electron chi connectivity index (χ3n) is 3.28. The lowest BCUT2D eigenvalue weighted by Gasteiger charge is -2.20. The van der Waals surface area contributed by atoms with E-state index in [0.29, 0.717) is 12.2 Å². The van der Waals surface area contributed by atoms with Gasteiger partial charge in [0, 0.05) is 12.2 Å². The normalized spacial score (nSPS) is 22.3. The fourth-order valence-corrected chi connectivity index (χ4v) is 2.11. The van der Waals surface area contributed by atoms with Gasteiger partial charge in [0.15, 0.2) is 0 Å². The molecule has 102 valence electrons. The second-order valence-corrected chi connectivity index (χ2v) is 4.93. The molecule has 1 saturated heterocycles. The number of rotatable bonds is 2. The average molecular weight is 263 g/mol. The van der Waals surface area contributed by atoms with Gasteiger partial charge in [-0.05, 0) is 31.0 Å². The second kappa shape index (κ2) is 4.89. The van der Waals surface area contributed by atoms with E-state index in [-0.39, 0.29) is 19.0 Å². The summed E-state index contributed by atoms with van der Waals surface area (Å²) in [5.41, 5.74) is 6.13. The van der Waals surface area contributed by atoms with Crippen molar-refractivity contribution in [3.8, 4) is 0 Å². The van der Waals surface area contributed by atoms with Crippen molar-refractivity contribution < 1.29 is 14.7 Å². The van der Waals surface area contributed by atoms with Crippen LogP contribution in [0, 0.1) is 6.92 Å². The number of amides is 2. The van der Waals surface area contributed by atoms with Crippen LogP contribution in [0.3, 0.4) is 0 Å². The van der Waals surface area contributed by atoms with E-state index in [4.69, 9.17) is 10.8 Å². The van der Waals surface area contributed by atoms with Gasteiger partial charge in [-0.2, -0.15) is 0 Å². The maximum atomic E-state index is 12.0. The molecular weight excluding hydrogens is 246 g/mol. The van der Waals surface area contributed by atoms with Gasteiger partial charge in [-0.25, -0.2) is 4.79 Å². The summed E-state index contributed by atoms with van der Waals surface area (Å²) in [5, 5.41) is 11.8. The summed E-state index contributed by atoms with van der Waals surface area (Å²) in [6.07, 6.45) is 0.267. The number of carbonyl (C=O) groups is 2. The molecule has 0 bridgehead atoms. The first-order valence-corrected chi connectivity index (χ1v) is 6.06. The van der Waals surface area contributed by atoms with E-state index >= 15 is 0 Å². The van der Waals surface area contributed by atoms with Gasteiger partial charge in [0.25, 0.3) is 0 Å². The Hall–Kier alpha value is -2.08. The third kappa shape index (κ3) is 2.85. The highest BCUT2D eigenvalue weighted by Crippen LogP contribution is 2.20. The molecule has 4 N–H and O–H groups in total. The Morgan fingerprint density at radius 3 is 2.79 bits per heavy atom. The molecule has 0 aliphatic carbocycles. The summed E-state index contributed by atoms with van der Waals surface area (Å²) in [5.74, 6) is -1.07. The molecule has 1 aromatic carbocycles. The summed E-state index contributed by atoms with van der Waals surface area (Å²) >= 11 is 0. The molecule has 1 unspecified atom stereocenters. The molecule has 6 heteroatoms.